The minimum Gasteiger partial charge on any atom is -0.346 e. The van der Waals surface area contributed by atoms with Gasteiger partial charge in [0.1, 0.15) is 0 Å². The summed E-state index contributed by atoms with van der Waals surface area (Å²) in [6.45, 7) is 18.4. The molecular formula is C37H46SiZr. The van der Waals surface area contributed by atoms with Gasteiger partial charge in [-0.2, -0.15) is 42.4 Å². The monoisotopic (exact) mass is 608 g/mol. The van der Waals surface area contributed by atoms with Gasteiger partial charge >= 0.3 is 26.2 Å². The number of hydrogen-bond acceptors (Lipinski definition) is 0. The van der Waals surface area contributed by atoms with Crippen LogP contribution in [0.3, 0.4) is 0 Å². The maximum atomic E-state index is 3.25. The van der Waals surface area contributed by atoms with Crippen LogP contribution in [-0.2, 0) is 39.0 Å². The molecule has 0 heterocycles. The predicted molar refractivity (Wildman–Crippen MR) is 176 cm³/mol. The van der Waals surface area contributed by atoms with E-state index in [0.29, 0.717) is 0 Å². The molecule has 39 heavy (non-hydrogen) atoms. The largest absolute Gasteiger partial charge is 4.00 e. The zero-order chi connectivity index (χ0) is 28.1. The van der Waals surface area contributed by atoms with Gasteiger partial charge in [0.15, 0.2) is 0 Å². The molecule has 0 radical (unpaired) electrons. The van der Waals surface area contributed by atoms with Crippen LogP contribution < -0.4 is 0 Å². The van der Waals surface area contributed by atoms with Gasteiger partial charge in [-0.1, -0.05) is 68.6 Å². The molecule has 0 saturated carbocycles. The first-order valence-electron chi connectivity index (χ1n) is 13.8. The van der Waals surface area contributed by atoms with Crippen LogP contribution in [0.5, 0.6) is 0 Å². The zero-order valence-corrected chi connectivity index (χ0v) is 29.0. The Bertz CT molecular complexity index is 1280. The van der Waals surface area contributed by atoms with Gasteiger partial charge in [-0.3, -0.25) is 0 Å². The predicted octanol–water partition coefficient (Wildman–Crippen LogP) is 9.32. The van der Waals surface area contributed by atoms with E-state index >= 15 is 0 Å². The second-order valence-electron chi connectivity index (χ2n) is 10.7. The topological polar surface area (TPSA) is 0 Å². The molecule has 0 unspecified atom stereocenters. The van der Waals surface area contributed by atoms with E-state index in [-0.39, 0.29) is 26.2 Å². The van der Waals surface area contributed by atoms with Gasteiger partial charge in [-0.05, 0) is 24.7 Å². The van der Waals surface area contributed by atoms with E-state index in [1.165, 1.54) is 62.2 Å². The summed E-state index contributed by atoms with van der Waals surface area (Å²) in [7, 11) is 1.73. The first-order chi connectivity index (χ1) is 18.2. The van der Waals surface area contributed by atoms with Gasteiger partial charge in [-0.15, -0.1) is 93.3 Å². The fourth-order valence-corrected chi connectivity index (χ4v) is 4.81. The Hall–Kier alpha value is -2.15. The van der Waals surface area contributed by atoms with Crippen LogP contribution in [0.25, 0.3) is 21.5 Å². The second-order valence-corrected chi connectivity index (χ2v) is 11.1. The third-order valence-corrected chi connectivity index (χ3v) is 6.51. The Morgan fingerprint density at radius 2 is 1.08 bits per heavy atom. The zero-order valence-electron chi connectivity index (χ0n) is 25.1. The molecule has 2 heteroatoms. The maximum Gasteiger partial charge on any atom is 4.00 e. The number of benzene rings is 3. The molecule has 0 amide bonds. The number of aryl methyl sites for hydroxylation is 2. The van der Waals surface area contributed by atoms with E-state index in [0.717, 1.165) is 11.8 Å². The van der Waals surface area contributed by atoms with Crippen molar-refractivity contribution in [3.8, 4) is 0 Å². The van der Waals surface area contributed by atoms with Crippen molar-refractivity contribution in [2.75, 3.05) is 0 Å². The molecule has 5 aromatic rings. The third kappa shape index (κ3) is 12.3. The molecule has 0 spiro atoms. The molecule has 0 aromatic heterocycles. The molecule has 5 aromatic carbocycles. The number of hydrogen-bond donors (Lipinski definition) is 0. The summed E-state index contributed by atoms with van der Waals surface area (Å²) in [5.74, 6) is 1.48. The molecule has 0 aliphatic carbocycles. The van der Waals surface area contributed by atoms with Gasteiger partial charge < -0.3 is 6.92 Å². The van der Waals surface area contributed by atoms with Gasteiger partial charge in [0, 0.05) is 0 Å². The molecular weight excluding hydrogens is 564 g/mol. The third-order valence-electron chi connectivity index (χ3n) is 6.10. The molecule has 0 aliphatic rings. The van der Waals surface area contributed by atoms with Crippen molar-refractivity contribution in [1.82, 2.24) is 0 Å². The normalized spacial score (nSPS) is 10.1. The average molecular weight is 610 g/mol. The van der Waals surface area contributed by atoms with Crippen molar-refractivity contribution in [2.45, 2.75) is 61.3 Å². The first-order valence-corrected chi connectivity index (χ1v) is 14.5. The summed E-state index contributed by atoms with van der Waals surface area (Å²) in [4.78, 5) is 0. The summed E-state index contributed by atoms with van der Waals surface area (Å²) in [6, 6.07) is 32.7. The van der Waals surface area contributed by atoms with Crippen molar-refractivity contribution < 1.29 is 26.2 Å². The van der Waals surface area contributed by atoms with Crippen molar-refractivity contribution in [3.63, 3.8) is 0 Å². The van der Waals surface area contributed by atoms with Crippen LogP contribution in [0.1, 0.15) is 62.4 Å². The fraction of sp³-hybridized carbons (Fsp3) is 0.297. The Balaban J connectivity index is 0.000000290. The minimum absolute atomic E-state index is 0. The number of rotatable bonds is 5. The molecule has 0 aliphatic heterocycles. The molecule has 0 nitrogen and oxygen atoms in total. The second kappa shape index (κ2) is 18.2. The summed E-state index contributed by atoms with van der Waals surface area (Å²) >= 11 is 0. The summed E-state index contributed by atoms with van der Waals surface area (Å²) in [6.07, 6.45) is 2.36. The van der Waals surface area contributed by atoms with E-state index in [4.69, 9.17) is 0 Å². The van der Waals surface area contributed by atoms with E-state index in [1.54, 1.807) is 16.8 Å². The van der Waals surface area contributed by atoms with Crippen molar-refractivity contribution in [2.24, 2.45) is 11.8 Å². The molecule has 0 atom stereocenters. The Kier molecular flexibility index (Phi) is 16.3. The molecule has 0 N–H and O–H groups in total. The molecule has 0 bridgehead atoms. The van der Waals surface area contributed by atoms with Crippen LogP contribution >= 0.6 is 0 Å². The average Bonchev–Trinajstić information content (AvgIpc) is 3.45. The smallest absolute Gasteiger partial charge is 0.346 e. The maximum absolute atomic E-state index is 3.25. The summed E-state index contributed by atoms with van der Waals surface area (Å²) in [5, 5.41) is 5.52. The van der Waals surface area contributed by atoms with Crippen molar-refractivity contribution in [3.05, 3.63) is 126 Å². The molecule has 202 valence electrons. The fourth-order valence-electron chi connectivity index (χ4n) is 4.58. The Morgan fingerprint density at radius 3 is 1.41 bits per heavy atom. The summed E-state index contributed by atoms with van der Waals surface area (Å²) in [5.41, 5.74) is 9.87. The van der Waals surface area contributed by atoms with Crippen LogP contribution in [0.4, 0.5) is 0 Å². The van der Waals surface area contributed by atoms with Crippen LogP contribution in [0, 0.1) is 32.6 Å². The Labute approximate surface area is 260 Å². The van der Waals surface area contributed by atoms with Gasteiger partial charge in [0.25, 0.3) is 0 Å². The molecule has 0 fully saturated rings. The van der Waals surface area contributed by atoms with Gasteiger partial charge in [-0.25, -0.2) is 0 Å². The van der Waals surface area contributed by atoms with E-state index < -0.39 is 0 Å². The molecule has 0 saturated heterocycles. The van der Waals surface area contributed by atoms with E-state index in [1.807, 2.05) is 30.3 Å². The SMILES string of the molecule is Cc1cc2cc(CC(C)C)ccc2[cH-]1.Cc1cc2cc(CC(C)C)ccc2[cH-]1.[CH2-]C.[SiH2]=[C-]c1ccccc1.[Zr+4]. The van der Waals surface area contributed by atoms with Crippen LogP contribution in [0.15, 0.2) is 91.0 Å². The van der Waals surface area contributed by atoms with Crippen LogP contribution in [0.2, 0.25) is 0 Å². The standard InChI is InChI=1S/2C14H17.C7H7Si.C2H5.Zr/c2*1-10(2)6-12-4-5-13-7-11(3)8-14(13)9-12;8-6-7-4-2-1-3-5-7;1-2;/h2*4-5,7-10H,6H2,1-3H3;1-5H,8H2;1H2,2H3;/q4*-1;+4. The molecule has 5 rings (SSSR count). The van der Waals surface area contributed by atoms with Crippen molar-refractivity contribution in [1.29, 1.82) is 0 Å². The minimum atomic E-state index is 0. The van der Waals surface area contributed by atoms with Crippen LogP contribution in [-0.4, -0.2) is 15.5 Å². The van der Waals surface area contributed by atoms with E-state index in [9.17, 15) is 0 Å². The van der Waals surface area contributed by atoms with Crippen molar-refractivity contribution >= 4 is 37.1 Å². The van der Waals surface area contributed by atoms with E-state index in [2.05, 4.69) is 115 Å². The Morgan fingerprint density at radius 1 is 0.667 bits per heavy atom. The van der Waals surface area contributed by atoms with Gasteiger partial charge in [0.2, 0.25) is 0 Å². The number of fused-ring (bicyclic) bond motifs is 2. The quantitative estimate of drug-likeness (QED) is 0.138. The van der Waals surface area contributed by atoms with Gasteiger partial charge in [0.05, 0.1) is 0 Å². The first kappa shape index (κ1) is 34.9. The summed E-state index contributed by atoms with van der Waals surface area (Å²) < 4.78 is 0.